The van der Waals surface area contributed by atoms with Crippen LogP contribution >= 0.6 is 0 Å². The highest BCUT2D eigenvalue weighted by Gasteiger charge is 2.22. The Kier molecular flexibility index (Phi) is 6.77. The second-order valence-electron chi connectivity index (χ2n) is 6.04. The molecular formula is C17H27N3O3S. The standard InChI is InChI=1S/C17H27N3O3S/c1-3-20(4-2)24(22,23)16-9-7-15(8-10-16)17(21)19-13-14-6-5-11-18-12-14/h7-10,14,18H,3-6,11-13H2,1-2H3,(H,19,21). The molecule has 1 fully saturated rings. The predicted octanol–water partition coefficient (Wildman–Crippen LogP) is 1.45. The first-order valence-corrected chi connectivity index (χ1v) is 10.0. The smallest absolute Gasteiger partial charge is 0.251 e. The number of benzene rings is 1. The summed E-state index contributed by atoms with van der Waals surface area (Å²) in [5.41, 5.74) is 0.484. The van der Waals surface area contributed by atoms with E-state index in [0.29, 0.717) is 31.1 Å². The van der Waals surface area contributed by atoms with Crippen LogP contribution < -0.4 is 10.6 Å². The maximum absolute atomic E-state index is 12.4. The fourth-order valence-electron chi connectivity index (χ4n) is 2.93. The summed E-state index contributed by atoms with van der Waals surface area (Å²) in [4.78, 5) is 12.4. The fourth-order valence-corrected chi connectivity index (χ4v) is 4.39. The number of sulfonamides is 1. The van der Waals surface area contributed by atoms with Crippen molar-refractivity contribution in [2.75, 3.05) is 32.7 Å². The van der Waals surface area contributed by atoms with Gasteiger partial charge in [-0.05, 0) is 56.1 Å². The van der Waals surface area contributed by atoms with Gasteiger partial charge in [0, 0.05) is 25.2 Å². The zero-order valence-corrected chi connectivity index (χ0v) is 15.2. The third-order valence-electron chi connectivity index (χ3n) is 4.41. The van der Waals surface area contributed by atoms with E-state index >= 15 is 0 Å². The average Bonchev–Trinajstić information content (AvgIpc) is 2.61. The van der Waals surface area contributed by atoms with E-state index < -0.39 is 10.0 Å². The summed E-state index contributed by atoms with van der Waals surface area (Å²) in [6.07, 6.45) is 2.26. The normalized spacial score (nSPS) is 18.5. The molecule has 1 saturated heterocycles. The van der Waals surface area contributed by atoms with Crippen LogP contribution in [0.4, 0.5) is 0 Å². The topological polar surface area (TPSA) is 78.5 Å². The van der Waals surface area contributed by atoms with Crippen molar-refractivity contribution in [3.8, 4) is 0 Å². The Balaban J connectivity index is 1.99. The van der Waals surface area contributed by atoms with Crippen molar-refractivity contribution in [3.05, 3.63) is 29.8 Å². The maximum atomic E-state index is 12.4. The molecule has 1 heterocycles. The molecule has 24 heavy (non-hydrogen) atoms. The second kappa shape index (κ2) is 8.60. The molecule has 0 aromatic heterocycles. The van der Waals surface area contributed by atoms with Gasteiger partial charge in [0.25, 0.3) is 5.91 Å². The highest BCUT2D eigenvalue weighted by molar-refractivity contribution is 7.89. The van der Waals surface area contributed by atoms with Crippen molar-refractivity contribution >= 4 is 15.9 Å². The number of carbonyl (C=O) groups is 1. The van der Waals surface area contributed by atoms with Crippen LogP contribution in [0.2, 0.25) is 0 Å². The summed E-state index contributed by atoms with van der Waals surface area (Å²) in [6.45, 7) is 7.10. The largest absolute Gasteiger partial charge is 0.352 e. The zero-order valence-electron chi connectivity index (χ0n) is 14.4. The van der Waals surface area contributed by atoms with Gasteiger partial charge in [-0.15, -0.1) is 0 Å². The fraction of sp³-hybridized carbons (Fsp3) is 0.588. The van der Waals surface area contributed by atoms with Gasteiger partial charge in [-0.3, -0.25) is 4.79 Å². The van der Waals surface area contributed by atoms with Crippen molar-refractivity contribution in [1.29, 1.82) is 0 Å². The number of nitrogens with one attached hydrogen (secondary N) is 2. The second-order valence-corrected chi connectivity index (χ2v) is 7.97. The first-order valence-electron chi connectivity index (χ1n) is 8.58. The van der Waals surface area contributed by atoms with Gasteiger partial charge in [0.15, 0.2) is 0 Å². The summed E-state index contributed by atoms with van der Waals surface area (Å²) in [5.74, 6) is 0.303. The zero-order chi connectivity index (χ0) is 17.6. The minimum Gasteiger partial charge on any atom is -0.352 e. The highest BCUT2D eigenvalue weighted by Crippen LogP contribution is 2.16. The summed E-state index contributed by atoms with van der Waals surface area (Å²) >= 11 is 0. The molecule has 1 atom stereocenters. The first-order chi connectivity index (χ1) is 11.5. The molecule has 0 bridgehead atoms. The molecule has 1 amide bonds. The molecule has 134 valence electrons. The lowest BCUT2D eigenvalue weighted by molar-refractivity contribution is 0.0944. The number of carbonyl (C=O) groups excluding carboxylic acids is 1. The Labute approximate surface area is 144 Å². The summed E-state index contributed by atoms with van der Waals surface area (Å²) in [7, 11) is -3.48. The number of hydrogen-bond donors (Lipinski definition) is 2. The summed E-state index contributed by atoms with van der Waals surface area (Å²) in [6, 6.07) is 6.16. The molecule has 1 aliphatic heterocycles. The van der Waals surface area contributed by atoms with Crippen LogP contribution in [0.3, 0.4) is 0 Å². The molecule has 1 aliphatic rings. The van der Waals surface area contributed by atoms with E-state index in [4.69, 9.17) is 0 Å². The lowest BCUT2D eigenvalue weighted by Crippen LogP contribution is -2.38. The van der Waals surface area contributed by atoms with Gasteiger partial charge in [0.1, 0.15) is 0 Å². The monoisotopic (exact) mass is 353 g/mol. The minimum atomic E-state index is -3.48. The van der Waals surface area contributed by atoms with Crippen molar-refractivity contribution in [1.82, 2.24) is 14.9 Å². The van der Waals surface area contributed by atoms with Crippen LogP contribution in [0, 0.1) is 5.92 Å². The lowest BCUT2D eigenvalue weighted by atomic mass is 10.00. The van der Waals surface area contributed by atoms with E-state index in [1.165, 1.54) is 16.4 Å². The quantitative estimate of drug-likeness (QED) is 0.778. The lowest BCUT2D eigenvalue weighted by Gasteiger charge is -2.22. The molecule has 0 aliphatic carbocycles. The molecular weight excluding hydrogens is 326 g/mol. The molecule has 2 N–H and O–H groups in total. The molecule has 1 aromatic carbocycles. The van der Waals surface area contributed by atoms with Crippen LogP contribution in [-0.4, -0.2) is 51.4 Å². The minimum absolute atomic E-state index is 0.160. The van der Waals surface area contributed by atoms with Gasteiger partial charge < -0.3 is 10.6 Å². The number of piperidine rings is 1. The third-order valence-corrected chi connectivity index (χ3v) is 6.47. The molecule has 0 spiro atoms. The Bertz CT molecular complexity index is 634. The first kappa shape index (κ1) is 18.9. The van der Waals surface area contributed by atoms with Gasteiger partial charge in [0.2, 0.25) is 10.0 Å². The van der Waals surface area contributed by atoms with Crippen LogP contribution in [0.25, 0.3) is 0 Å². The van der Waals surface area contributed by atoms with Crippen LogP contribution in [0.1, 0.15) is 37.0 Å². The van der Waals surface area contributed by atoms with E-state index in [2.05, 4.69) is 10.6 Å². The van der Waals surface area contributed by atoms with Crippen LogP contribution in [-0.2, 0) is 10.0 Å². The molecule has 7 heteroatoms. The molecule has 6 nitrogen and oxygen atoms in total. The Morgan fingerprint density at radius 2 is 1.92 bits per heavy atom. The average molecular weight is 353 g/mol. The van der Waals surface area contributed by atoms with E-state index in [0.717, 1.165) is 25.9 Å². The van der Waals surface area contributed by atoms with Crippen LogP contribution in [0.5, 0.6) is 0 Å². The van der Waals surface area contributed by atoms with Gasteiger partial charge >= 0.3 is 0 Å². The third kappa shape index (κ3) is 4.55. The van der Waals surface area contributed by atoms with Crippen molar-refractivity contribution < 1.29 is 13.2 Å². The Morgan fingerprint density at radius 1 is 1.25 bits per heavy atom. The van der Waals surface area contributed by atoms with Crippen molar-refractivity contribution in [2.24, 2.45) is 5.92 Å². The number of hydrogen-bond acceptors (Lipinski definition) is 4. The molecule has 0 radical (unpaired) electrons. The van der Waals surface area contributed by atoms with E-state index in [9.17, 15) is 13.2 Å². The SMILES string of the molecule is CCN(CC)S(=O)(=O)c1ccc(C(=O)NCC2CCCNC2)cc1. The van der Waals surface area contributed by atoms with Gasteiger partial charge in [0.05, 0.1) is 4.90 Å². The molecule has 0 saturated carbocycles. The van der Waals surface area contributed by atoms with Gasteiger partial charge in [-0.2, -0.15) is 4.31 Å². The van der Waals surface area contributed by atoms with Crippen LogP contribution in [0.15, 0.2) is 29.2 Å². The number of rotatable bonds is 7. The number of amides is 1. The van der Waals surface area contributed by atoms with Gasteiger partial charge in [-0.25, -0.2) is 8.42 Å². The highest BCUT2D eigenvalue weighted by atomic mass is 32.2. The maximum Gasteiger partial charge on any atom is 0.251 e. The summed E-state index contributed by atoms with van der Waals surface area (Å²) < 4.78 is 26.3. The molecule has 1 unspecified atom stereocenters. The van der Waals surface area contributed by atoms with Gasteiger partial charge in [-0.1, -0.05) is 13.8 Å². The van der Waals surface area contributed by atoms with E-state index in [1.54, 1.807) is 12.1 Å². The van der Waals surface area contributed by atoms with Crippen molar-refractivity contribution in [3.63, 3.8) is 0 Å². The Hall–Kier alpha value is -1.44. The Morgan fingerprint density at radius 3 is 2.46 bits per heavy atom. The molecule has 1 aromatic rings. The van der Waals surface area contributed by atoms with E-state index in [1.807, 2.05) is 13.8 Å². The molecule has 2 rings (SSSR count). The number of nitrogens with zero attached hydrogens (tertiary/aromatic N) is 1. The van der Waals surface area contributed by atoms with E-state index in [-0.39, 0.29) is 10.8 Å². The van der Waals surface area contributed by atoms with Crippen molar-refractivity contribution in [2.45, 2.75) is 31.6 Å². The summed E-state index contributed by atoms with van der Waals surface area (Å²) in [5, 5.41) is 6.25. The predicted molar refractivity (Wildman–Crippen MR) is 94.5 cm³/mol.